The summed E-state index contributed by atoms with van der Waals surface area (Å²) in [5.74, 6) is 1.79. The Morgan fingerprint density at radius 3 is 2.79 bits per heavy atom. The number of aromatic nitrogens is 3. The number of carbonyl (C=O) groups excluding carboxylic acids is 1. The van der Waals surface area contributed by atoms with Gasteiger partial charge >= 0.3 is 5.97 Å². The molecule has 0 amide bonds. The molecule has 1 saturated carbocycles. The number of rotatable bonds is 3. The van der Waals surface area contributed by atoms with Gasteiger partial charge in [-0.25, -0.2) is 0 Å². The number of hydrogen-bond acceptors (Lipinski definition) is 4. The van der Waals surface area contributed by atoms with Crippen LogP contribution in [0, 0.1) is 0 Å². The maximum atomic E-state index is 12.4. The molecule has 3 rings (SSSR count). The van der Waals surface area contributed by atoms with Gasteiger partial charge in [0.15, 0.2) is 5.82 Å². The highest BCUT2D eigenvalue weighted by molar-refractivity contribution is 5.82. The second-order valence-corrected chi connectivity index (χ2v) is 5.56. The van der Waals surface area contributed by atoms with E-state index in [2.05, 4.69) is 14.8 Å². The molecule has 2 heterocycles. The SMILES string of the molecule is CCOC(=O)C1(c2nnc3n2CCCC3)CCCC1. The van der Waals surface area contributed by atoms with E-state index in [1.54, 1.807) is 0 Å². The number of ether oxygens (including phenoxy) is 1. The van der Waals surface area contributed by atoms with Crippen LogP contribution in [0.2, 0.25) is 0 Å². The maximum Gasteiger partial charge on any atom is 0.319 e. The van der Waals surface area contributed by atoms with Gasteiger partial charge in [-0.1, -0.05) is 12.8 Å². The average Bonchev–Trinajstić information content (AvgIpc) is 3.06. The topological polar surface area (TPSA) is 57.0 Å². The van der Waals surface area contributed by atoms with Crippen LogP contribution < -0.4 is 0 Å². The van der Waals surface area contributed by atoms with Crippen LogP contribution in [0.25, 0.3) is 0 Å². The van der Waals surface area contributed by atoms with Crippen LogP contribution in [0.3, 0.4) is 0 Å². The molecule has 0 bridgehead atoms. The van der Waals surface area contributed by atoms with Crippen molar-refractivity contribution < 1.29 is 9.53 Å². The molecule has 0 spiro atoms. The van der Waals surface area contributed by atoms with E-state index in [4.69, 9.17) is 4.74 Å². The van der Waals surface area contributed by atoms with Gasteiger partial charge < -0.3 is 9.30 Å². The summed E-state index contributed by atoms with van der Waals surface area (Å²) in [6.45, 7) is 3.24. The molecule has 5 heteroatoms. The number of fused-ring (bicyclic) bond motifs is 1. The molecule has 0 radical (unpaired) electrons. The van der Waals surface area contributed by atoms with Gasteiger partial charge in [0.1, 0.15) is 11.2 Å². The van der Waals surface area contributed by atoms with Gasteiger partial charge in [0, 0.05) is 13.0 Å². The van der Waals surface area contributed by atoms with Crippen molar-refractivity contribution in [2.45, 2.75) is 63.8 Å². The quantitative estimate of drug-likeness (QED) is 0.783. The second-order valence-electron chi connectivity index (χ2n) is 5.56. The second kappa shape index (κ2) is 4.94. The molecule has 1 aromatic rings. The summed E-state index contributed by atoms with van der Waals surface area (Å²) in [4.78, 5) is 12.4. The lowest BCUT2D eigenvalue weighted by Gasteiger charge is -2.27. The predicted molar refractivity (Wildman–Crippen MR) is 69.7 cm³/mol. The fourth-order valence-electron chi connectivity index (χ4n) is 3.43. The number of nitrogens with zero attached hydrogens (tertiary/aromatic N) is 3. The molecule has 0 unspecified atom stereocenters. The van der Waals surface area contributed by atoms with Gasteiger partial charge in [-0.2, -0.15) is 0 Å². The van der Waals surface area contributed by atoms with E-state index in [0.29, 0.717) is 6.61 Å². The van der Waals surface area contributed by atoms with Crippen molar-refractivity contribution in [3.63, 3.8) is 0 Å². The molecular formula is C14H21N3O2. The van der Waals surface area contributed by atoms with E-state index in [-0.39, 0.29) is 5.97 Å². The molecule has 0 aromatic carbocycles. The van der Waals surface area contributed by atoms with Gasteiger partial charge in [0.25, 0.3) is 0 Å². The summed E-state index contributed by atoms with van der Waals surface area (Å²) in [6, 6.07) is 0. The molecule has 1 fully saturated rings. The van der Waals surface area contributed by atoms with Crippen molar-refractivity contribution in [1.29, 1.82) is 0 Å². The van der Waals surface area contributed by atoms with E-state index in [9.17, 15) is 4.79 Å². The zero-order valence-electron chi connectivity index (χ0n) is 11.5. The summed E-state index contributed by atoms with van der Waals surface area (Å²) in [5.41, 5.74) is -0.529. The zero-order chi connectivity index (χ0) is 13.3. The lowest BCUT2D eigenvalue weighted by atomic mass is 9.85. The van der Waals surface area contributed by atoms with Crippen molar-refractivity contribution in [1.82, 2.24) is 14.8 Å². The number of hydrogen-bond donors (Lipinski definition) is 0. The first-order chi connectivity index (χ1) is 9.28. The van der Waals surface area contributed by atoms with E-state index in [1.807, 2.05) is 6.92 Å². The summed E-state index contributed by atoms with van der Waals surface area (Å²) < 4.78 is 7.50. The third-order valence-corrected chi connectivity index (χ3v) is 4.41. The van der Waals surface area contributed by atoms with Crippen LogP contribution >= 0.6 is 0 Å². The Hall–Kier alpha value is -1.39. The van der Waals surface area contributed by atoms with Gasteiger partial charge in [-0.15, -0.1) is 10.2 Å². The lowest BCUT2D eigenvalue weighted by molar-refractivity contribution is -0.150. The van der Waals surface area contributed by atoms with Crippen molar-refractivity contribution >= 4 is 5.97 Å². The molecule has 104 valence electrons. The zero-order valence-corrected chi connectivity index (χ0v) is 11.5. The summed E-state index contributed by atoms with van der Waals surface area (Å²) in [5, 5.41) is 8.66. The molecular weight excluding hydrogens is 242 g/mol. The van der Waals surface area contributed by atoms with Crippen molar-refractivity contribution in [3.05, 3.63) is 11.6 Å². The Kier molecular flexibility index (Phi) is 3.29. The normalized spacial score (nSPS) is 21.1. The van der Waals surface area contributed by atoms with Gasteiger partial charge in [-0.05, 0) is 32.6 Å². The standard InChI is InChI=1S/C14H21N3O2/c1-2-19-13(18)14(8-4-5-9-14)12-16-15-11-7-3-6-10-17(11)12/h2-10H2,1H3. The van der Waals surface area contributed by atoms with Crippen LogP contribution in [0.4, 0.5) is 0 Å². The first-order valence-corrected chi connectivity index (χ1v) is 7.38. The Balaban J connectivity index is 2.00. The monoisotopic (exact) mass is 263 g/mol. The minimum Gasteiger partial charge on any atom is -0.465 e. The Bertz CT molecular complexity index is 475. The van der Waals surface area contributed by atoms with Crippen LogP contribution in [-0.4, -0.2) is 27.3 Å². The van der Waals surface area contributed by atoms with Crippen molar-refractivity contribution in [2.24, 2.45) is 0 Å². The molecule has 1 aliphatic carbocycles. The number of esters is 1. The van der Waals surface area contributed by atoms with E-state index < -0.39 is 5.41 Å². The van der Waals surface area contributed by atoms with Gasteiger partial charge in [0.2, 0.25) is 0 Å². The fourth-order valence-corrected chi connectivity index (χ4v) is 3.43. The molecule has 5 nitrogen and oxygen atoms in total. The third-order valence-electron chi connectivity index (χ3n) is 4.41. The number of aryl methyl sites for hydroxylation is 1. The highest BCUT2D eigenvalue weighted by atomic mass is 16.5. The lowest BCUT2D eigenvalue weighted by Crippen LogP contribution is -2.38. The Morgan fingerprint density at radius 1 is 1.26 bits per heavy atom. The molecule has 0 atom stereocenters. The average molecular weight is 263 g/mol. The minimum atomic E-state index is -0.529. The molecule has 1 aliphatic heterocycles. The number of carbonyl (C=O) groups is 1. The van der Waals surface area contributed by atoms with Crippen molar-refractivity contribution in [3.8, 4) is 0 Å². The highest BCUT2D eigenvalue weighted by Gasteiger charge is 2.48. The van der Waals surface area contributed by atoms with Crippen molar-refractivity contribution in [2.75, 3.05) is 6.61 Å². The summed E-state index contributed by atoms with van der Waals surface area (Å²) >= 11 is 0. The van der Waals surface area contributed by atoms with Crippen LogP contribution in [0.15, 0.2) is 0 Å². The first kappa shape index (κ1) is 12.6. The highest BCUT2D eigenvalue weighted by Crippen LogP contribution is 2.42. The molecule has 0 saturated heterocycles. The van der Waals surface area contributed by atoms with Crippen LogP contribution in [0.1, 0.15) is 57.1 Å². The van der Waals surface area contributed by atoms with E-state index in [0.717, 1.165) is 56.7 Å². The predicted octanol–water partition coefficient (Wildman–Crippen LogP) is 1.99. The van der Waals surface area contributed by atoms with E-state index in [1.165, 1.54) is 6.42 Å². The van der Waals surface area contributed by atoms with Gasteiger partial charge in [-0.3, -0.25) is 4.79 Å². The minimum absolute atomic E-state index is 0.103. The molecule has 2 aliphatic rings. The maximum absolute atomic E-state index is 12.4. The fraction of sp³-hybridized carbons (Fsp3) is 0.786. The summed E-state index contributed by atoms with van der Waals surface area (Å²) in [6.07, 6.45) is 7.14. The molecule has 0 N–H and O–H groups in total. The Morgan fingerprint density at radius 2 is 2.05 bits per heavy atom. The van der Waals surface area contributed by atoms with Crippen LogP contribution in [0.5, 0.6) is 0 Å². The smallest absolute Gasteiger partial charge is 0.319 e. The summed E-state index contributed by atoms with van der Waals surface area (Å²) in [7, 11) is 0. The van der Waals surface area contributed by atoms with E-state index >= 15 is 0 Å². The third kappa shape index (κ3) is 1.95. The Labute approximate surface area is 113 Å². The largest absolute Gasteiger partial charge is 0.465 e. The first-order valence-electron chi connectivity index (χ1n) is 7.38. The molecule has 19 heavy (non-hydrogen) atoms. The van der Waals surface area contributed by atoms with Gasteiger partial charge in [0.05, 0.1) is 6.61 Å². The van der Waals surface area contributed by atoms with Crippen LogP contribution in [-0.2, 0) is 27.9 Å². The molecule has 1 aromatic heterocycles.